The number of ether oxygens (including phenoxy) is 1. The third kappa shape index (κ3) is 3.10. The summed E-state index contributed by atoms with van der Waals surface area (Å²) < 4.78 is 7.21. The number of aryl methyl sites for hydroxylation is 1. The maximum absolute atomic E-state index is 11.0. The second-order valence-corrected chi connectivity index (χ2v) is 6.26. The van der Waals surface area contributed by atoms with Gasteiger partial charge >= 0.3 is 5.97 Å². The molecule has 1 aromatic carbocycles. The normalized spacial score (nSPS) is 16.0. The molecule has 0 saturated carbocycles. The van der Waals surface area contributed by atoms with Gasteiger partial charge in [0.05, 0.1) is 6.61 Å². The van der Waals surface area contributed by atoms with Crippen molar-refractivity contribution in [1.29, 1.82) is 0 Å². The van der Waals surface area contributed by atoms with Gasteiger partial charge in [0.1, 0.15) is 6.04 Å². The van der Waals surface area contributed by atoms with Crippen LogP contribution in [0.25, 0.3) is 10.9 Å². The van der Waals surface area contributed by atoms with E-state index in [1.54, 1.807) is 7.11 Å². The molecule has 1 atom stereocenters. The number of rotatable bonds is 6. The van der Waals surface area contributed by atoms with Gasteiger partial charge in [-0.3, -0.25) is 9.69 Å². The van der Waals surface area contributed by atoms with Crippen molar-refractivity contribution in [2.45, 2.75) is 25.6 Å². The van der Waals surface area contributed by atoms with E-state index in [2.05, 4.69) is 21.6 Å². The van der Waals surface area contributed by atoms with E-state index in [0.29, 0.717) is 6.42 Å². The molecule has 6 nitrogen and oxygen atoms in total. The Morgan fingerprint density at radius 1 is 1.39 bits per heavy atom. The minimum absolute atomic E-state index is 0.346. The van der Waals surface area contributed by atoms with E-state index in [1.165, 1.54) is 11.1 Å². The third-order valence-electron chi connectivity index (χ3n) is 4.55. The van der Waals surface area contributed by atoms with E-state index in [9.17, 15) is 4.79 Å². The van der Waals surface area contributed by atoms with Crippen molar-refractivity contribution in [2.24, 2.45) is 12.8 Å². The summed E-state index contributed by atoms with van der Waals surface area (Å²) in [6, 6.07) is 3.54. The highest BCUT2D eigenvalue weighted by atomic mass is 16.5. The molecule has 0 bridgehead atoms. The summed E-state index contributed by atoms with van der Waals surface area (Å²) in [5.74, 6) is -0.964. The lowest BCUT2D eigenvalue weighted by Crippen LogP contribution is -2.32. The number of carboxylic acids is 1. The summed E-state index contributed by atoms with van der Waals surface area (Å²) in [6.07, 6.45) is 2.34. The molecule has 23 heavy (non-hydrogen) atoms. The molecule has 1 aromatic heterocycles. The highest BCUT2D eigenvalue weighted by molar-refractivity contribution is 5.86. The van der Waals surface area contributed by atoms with Gasteiger partial charge in [-0.2, -0.15) is 0 Å². The molecule has 1 unspecified atom stereocenters. The zero-order valence-electron chi connectivity index (χ0n) is 13.6. The SMILES string of the molecule is COCCN1Cc2cc3c(CC(N)C(=O)O)cn(C)c3cc2C1. The number of hydrogen-bond acceptors (Lipinski definition) is 4. The number of aromatic nitrogens is 1. The third-order valence-corrected chi connectivity index (χ3v) is 4.55. The zero-order valence-corrected chi connectivity index (χ0v) is 13.6. The van der Waals surface area contributed by atoms with Crippen LogP contribution in [0.5, 0.6) is 0 Å². The van der Waals surface area contributed by atoms with Gasteiger partial charge in [-0.1, -0.05) is 0 Å². The Hall–Kier alpha value is -1.89. The number of fused-ring (bicyclic) bond motifs is 2. The Morgan fingerprint density at radius 2 is 2.09 bits per heavy atom. The Labute approximate surface area is 135 Å². The van der Waals surface area contributed by atoms with Crippen LogP contribution >= 0.6 is 0 Å². The van der Waals surface area contributed by atoms with Crippen molar-refractivity contribution in [3.63, 3.8) is 0 Å². The average Bonchev–Trinajstić information content (AvgIpc) is 3.04. The van der Waals surface area contributed by atoms with Crippen LogP contribution < -0.4 is 5.73 Å². The van der Waals surface area contributed by atoms with Crippen molar-refractivity contribution < 1.29 is 14.6 Å². The van der Waals surface area contributed by atoms with Gasteiger partial charge in [0, 0.05) is 57.3 Å². The summed E-state index contributed by atoms with van der Waals surface area (Å²) in [5.41, 5.74) is 10.5. The fourth-order valence-electron chi connectivity index (χ4n) is 3.30. The molecule has 3 N–H and O–H groups in total. The second-order valence-electron chi connectivity index (χ2n) is 6.26. The molecule has 0 spiro atoms. The largest absolute Gasteiger partial charge is 0.480 e. The molecule has 2 heterocycles. The molecule has 124 valence electrons. The first kappa shape index (κ1) is 16.0. The van der Waals surface area contributed by atoms with E-state index in [1.807, 2.05) is 13.2 Å². The number of benzene rings is 1. The Bertz CT molecular complexity index is 738. The van der Waals surface area contributed by atoms with Crippen LogP contribution in [0, 0.1) is 0 Å². The van der Waals surface area contributed by atoms with Crippen LogP contribution in [0.3, 0.4) is 0 Å². The van der Waals surface area contributed by atoms with Gasteiger partial charge in [0.2, 0.25) is 0 Å². The van der Waals surface area contributed by atoms with Gasteiger partial charge < -0.3 is 20.1 Å². The van der Waals surface area contributed by atoms with Gasteiger partial charge in [-0.15, -0.1) is 0 Å². The first-order chi connectivity index (χ1) is 11.0. The number of carbonyl (C=O) groups is 1. The van der Waals surface area contributed by atoms with Crippen molar-refractivity contribution in [3.05, 3.63) is 35.0 Å². The number of carboxylic acid groups (broad SMARTS) is 1. The van der Waals surface area contributed by atoms with Crippen molar-refractivity contribution in [1.82, 2.24) is 9.47 Å². The number of nitrogens with two attached hydrogens (primary N) is 1. The van der Waals surface area contributed by atoms with E-state index >= 15 is 0 Å². The molecular weight excluding hydrogens is 294 g/mol. The fourth-order valence-corrected chi connectivity index (χ4v) is 3.30. The van der Waals surface area contributed by atoms with Gasteiger partial charge in [0.15, 0.2) is 0 Å². The predicted octanol–water partition coefficient (Wildman–Crippen LogP) is 1.09. The zero-order chi connectivity index (χ0) is 16.6. The van der Waals surface area contributed by atoms with Crippen molar-refractivity contribution >= 4 is 16.9 Å². The Balaban J connectivity index is 1.91. The molecular formula is C17H23N3O3. The molecule has 0 saturated heterocycles. The lowest BCUT2D eigenvalue weighted by atomic mass is 10.0. The van der Waals surface area contributed by atoms with Crippen LogP contribution in [0.1, 0.15) is 16.7 Å². The van der Waals surface area contributed by atoms with Gasteiger partial charge in [0.25, 0.3) is 0 Å². The summed E-state index contributed by atoms with van der Waals surface area (Å²) >= 11 is 0. The molecule has 3 rings (SSSR count). The van der Waals surface area contributed by atoms with Crippen molar-refractivity contribution in [2.75, 3.05) is 20.3 Å². The predicted molar refractivity (Wildman–Crippen MR) is 88.2 cm³/mol. The molecule has 0 fully saturated rings. The summed E-state index contributed by atoms with van der Waals surface area (Å²) in [4.78, 5) is 13.4. The van der Waals surface area contributed by atoms with Gasteiger partial charge in [-0.25, -0.2) is 0 Å². The maximum Gasteiger partial charge on any atom is 0.320 e. The van der Waals surface area contributed by atoms with Crippen LogP contribution in [-0.2, 0) is 36.1 Å². The van der Waals surface area contributed by atoms with E-state index < -0.39 is 12.0 Å². The number of hydrogen-bond donors (Lipinski definition) is 2. The minimum Gasteiger partial charge on any atom is -0.480 e. The van der Waals surface area contributed by atoms with Crippen LogP contribution in [0.4, 0.5) is 0 Å². The minimum atomic E-state index is -0.964. The van der Waals surface area contributed by atoms with E-state index in [4.69, 9.17) is 15.6 Å². The molecule has 6 heteroatoms. The quantitative estimate of drug-likeness (QED) is 0.834. The van der Waals surface area contributed by atoms with E-state index in [0.717, 1.165) is 42.7 Å². The number of methoxy groups -OCH3 is 1. The Kier molecular flexibility index (Phi) is 4.39. The first-order valence-corrected chi connectivity index (χ1v) is 7.79. The average molecular weight is 317 g/mol. The van der Waals surface area contributed by atoms with Crippen LogP contribution in [-0.4, -0.2) is 46.8 Å². The highest BCUT2D eigenvalue weighted by Crippen LogP contribution is 2.30. The fraction of sp³-hybridized carbons (Fsp3) is 0.471. The smallest absolute Gasteiger partial charge is 0.320 e. The molecule has 2 aromatic rings. The maximum atomic E-state index is 11.0. The molecule has 0 amide bonds. The molecule has 1 aliphatic heterocycles. The lowest BCUT2D eigenvalue weighted by molar-refractivity contribution is -0.138. The first-order valence-electron chi connectivity index (χ1n) is 7.79. The van der Waals surface area contributed by atoms with Crippen molar-refractivity contribution in [3.8, 4) is 0 Å². The highest BCUT2D eigenvalue weighted by Gasteiger charge is 2.22. The van der Waals surface area contributed by atoms with Crippen LogP contribution in [0.2, 0.25) is 0 Å². The molecule has 1 aliphatic rings. The van der Waals surface area contributed by atoms with Gasteiger partial charge in [-0.05, 0) is 28.8 Å². The second kappa shape index (κ2) is 6.31. The topological polar surface area (TPSA) is 80.7 Å². The van der Waals surface area contributed by atoms with E-state index in [-0.39, 0.29) is 0 Å². The summed E-state index contributed by atoms with van der Waals surface area (Å²) in [7, 11) is 3.71. The lowest BCUT2D eigenvalue weighted by Gasteiger charge is -2.13. The summed E-state index contributed by atoms with van der Waals surface area (Å²) in [5, 5.41) is 10.2. The standard InChI is InChI=1S/C17H23N3O3/c1-19-8-13(6-15(18)17(21)22)14-5-11-9-20(3-4-23-2)10-12(11)7-16(14)19/h5,7-8,15H,3-4,6,9-10,18H2,1-2H3,(H,21,22). The number of nitrogens with zero attached hydrogens (tertiary/aromatic N) is 2. The van der Waals surface area contributed by atoms with Crippen LogP contribution in [0.15, 0.2) is 18.3 Å². The summed E-state index contributed by atoms with van der Waals surface area (Å²) in [6.45, 7) is 3.49. The molecule has 0 radical (unpaired) electrons. The monoisotopic (exact) mass is 317 g/mol. The Morgan fingerprint density at radius 3 is 2.74 bits per heavy atom. The molecule has 0 aliphatic carbocycles. The number of aliphatic carboxylic acids is 1.